The molecule has 1 amide bonds. The van der Waals surface area contributed by atoms with E-state index in [0.717, 1.165) is 31.4 Å². The second-order valence-electron chi connectivity index (χ2n) is 7.01. The summed E-state index contributed by atoms with van der Waals surface area (Å²) < 4.78 is 43.9. The van der Waals surface area contributed by atoms with E-state index in [9.17, 15) is 22.8 Å². The fourth-order valence-electron chi connectivity index (χ4n) is 4.11. The van der Waals surface area contributed by atoms with Crippen molar-refractivity contribution in [3.05, 3.63) is 28.8 Å². The monoisotopic (exact) mass is 389 g/mol. The summed E-state index contributed by atoms with van der Waals surface area (Å²) in [6.07, 6.45) is 0.125. The molecule has 1 N–H and O–H groups in total. The molecule has 0 radical (unpaired) electrons. The predicted molar refractivity (Wildman–Crippen MR) is 89.6 cm³/mol. The van der Waals surface area contributed by atoms with Crippen LogP contribution in [0.3, 0.4) is 0 Å². The molecule has 26 heavy (non-hydrogen) atoms. The Morgan fingerprint density at radius 1 is 1.23 bits per heavy atom. The Balaban J connectivity index is 1.52. The van der Waals surface area contributed by atoms with Gasteiger partial charge in [0.15, 0.2) is 6.61 Å². The molecule has 0 aromatic heterocycles. The summed E-state index contributed by atoms with van der Waals surface area (Å²) in [6, 6.07) is 3.21. The van der Waals surface area contributed by atoms with Gasteiger partial charge in [0.25, 0.3) is 5.91 Å². The number of carbonyl (C=O) groups is 2. The van der Waals surface area contributed by atoms with Crippen LogP contribution in [0.2, 0.25) is 5.02 Å². The van der Waals surface area contributed by atoms with Gasteiger partial charge in [-0.1, -0.05) is 24.1 Å². The van der Waals surface area contributed by atoms with Gasteiger partial charge >= 0.3 is 12.1 Å². The summed E-state index contributed by atoms with van der Waals surface area (Å²) >= 11 is 5.77. The van der Waals surface area contributed by atoms with Crippen LogP contribution in [0.1, 0.15) is 37.7 Å². The van der Waals surface area contributed by atoms with Crippen LogP contribution in [-0.4, -0.2) is 18.5 Å². The van der Waals surface area contributed by atoms with Crippen molar-refractivity contribution in [2.24, 2.45) is 17.8 Å². The molecule has 2 aliphatic rings. The Hall–Kier alpha value is -1.76. The Bertz CT molecular complexity index is 707. The van der Waals surface area contributed by atoms with Crippen LogP contribution < -0.4 is 5.32 Å². The molecule has 0 heterocycles. The lowest BCUT2D eigenvalue weighted by atomic mass is 9.86. The van der Waals surface area contributed by atoms with Crippen molar-refractivity contribution >= 4 is 29.2 Å². The van der Waals surface area contributed by atoms with E-state index in [1.54, 1.807) is 0 Å². The van der Waals surface area contributed by atoms with Gasteiger partial charge < -0.3 is 10.1 Å². The van der Waals surface area contributed by atoms with E-state index < -0.39 is 35.9 Å². The van der Waals surface area contributed by atoms with Crippen molar-refractivity contribution in [1.29, 1.82) is 0 Å². The normalized spacial score (nSPS) is 24.5. The van der Waals surface area contributed by atoms with Crippen molar-refractivity contribution in [2.45, 2.75) is 38.3 Å². The molecule has 2 bridgehead atoms. The average molecular weight is 390 g/mol. The minimum absolute atomic E-state index is 0.235. The highest BCUT2D eigenvalue weighted by Gasteiger charge is 2.40. The van der Waals surface area contributed by atoms with Gasteiger partial charge in [0.05, 0.1) is 16.3 Å². The molecule has 1 aromatic carbocycles. The zero-order chi connectivity index (χ0) is 18.9. The molecule has 8 heteroatoms. The molecule has 142 valence electrons. The van der Waals surface area contributed by atoms with Crippen molar-refractivity contribution in [3.63, 3.8) is 0 Å². The number of hydrogen-bond acceptors (Lipinski definition) is 3. The van der Waals surface area contributed by atoms with Crippen LogP contribution in [0, 0.1) is 17.8 Å². The molecule has 0 saturated heterocycles. The Labute approximate surface area is 154 Å². The molecule has 3 rings (SSSR count). The van der Waals surface area contributed by atoms with E-state index in [0.29, 0.717) is 17.8 Å². The van der Waals surface area contributed by atoms with E-state index in [2.05, 4.69) is 5.32 Å². The number of anilines is 1. The third kappa shape index (κ3) is 4.31. The van der Waals surface area contributed by atoms with Gasteiger partial charge in [0.2, 0.25) is 0 Å². The van der Waals surface area contributed by atoms with Crippen LogP contribution in [0.5, 0.6) is 0 Å². The number of ether oxygens (including phenoxy) is 1. The SMILES string of the molecule is O=C(COC(=O)C[C@H]1C[C@H]2CC[C@@H]1C2)Nc1c(Cl)cccc1C(F)(F)F. The molecule has 3 atom stereocenters. The topological polar surface area (TPSA) is 55.4 Å². The molecule has 0 unspecified atom stereocenters. The van der Waals surface area contributed by atoms with Crippen LogP contribution in [0.25, 0.3) is 0 Å². The molecule has 2 aliphatic carbocycles. The number of benzene rings is 1. The van der Waals surface area contributed by atoms with Gasteiger partial charge in [-0.2, -0.15) is 13.2 Å². The first-order valence-corrected chi connectivity index (χ1v) is 8.93. The molecule has 0 aliphatic heterocycles. The molecule has 2 fully saturated rings. The Morgan fingerprint density at radius 3 is 2.62 bits per heavy atom. The fraction of sp³-hybridized carbons (Fsp3) is 0.556. The van der Waals surface area contributed by atoms with Gasteiger partial charge in [-0.05, 0) is 49.1 Å². The van der Waals surface area contributed by atoms with Gasteiger partial charge in [-0.3, -0.25) is 9.59 Å². The summed E-state index contributed by atoms with van der Waals surface area (Å²) in [5.41, 5.74) is -1.58. The van der Waals surface area contributed by atoms with Gasteiger partial charge in [0, 0.05) is 6.42 Å². The Kier molecular flexibility index (Phi) is 5.46. The highest BCUT2D eigenvalue weighted by molar-refractivity contribution is 6.34. The maximum Gasteiger partial charge on any atom is 0.418 e. The summed E-state index contributed by atoms with van der Waals surface area (Å²) in [5, 5.41) is 1.86. The standard InChI is InChI=1S/C18H19ClF3NO3/c19-14-3-1-2-13(18(20,21)22)17(14)23-15(24)9-26-16(25)8-12-7-10-4-5-11(12)6-10/h1-3,10-12H,4-9H2,(H,23,24)/t10-,11+,12+/m0/s1. The highest BCUT2D eigenvalue weighted by atomic mass is 35.5. The molecule has 2 saturated carbocycles. The lowest BCUT2D eigenvalue weighted by Crippen LogP contribution is -2.24. The van der Waals surface area contributed by atoms with Gasteiger partial charge in [0.1, 0.15) is 0 Å². The summed E-state index contributed by atoms with van der Waals surface area (Å²) in [5.74, 6) is 0.198. The summed E-state index contributed by atoms with van der Waals surface area (Å²) in [4.78, 5) is 23.8. The van der Waals surface area contributed by atoms with Crippen LogP contribution in [0.4, 0.5) is 18.9 Å². The number of halogens is 4. The summed E-state index contributed by atoms with van der Waals surface area (Å²) in [6.45, 7) is -0.637. The number of amides is 1. The highest BCUT2D eigenvalue weighted by Crippen LogP contribution is 2.49. The zero-order valence-corrected chi connectivity index (χ0v) is 14.7. The zero-order valence-electron chi connectivity index (χ0n) is 13.9. The Morgan fingerprint density at radius 2 is 2.00 bits per heavy atom. The van der Waals surface area contributed by atoms with Crippen LogP contribution >= 0.6 is 11.6 Å². The van der Waals surface area contributed by atoms with E-state index in [1.165, 1.54) is 12.5 Å². The quantitative estimate of drug-likeness (QED) is 0.745. The minimum Gasteiger partial charge on any atom is -0.456 e. The first-order valence-electron chi connectivity index (χ1n) is 8.55. The fourth-order valence-corrected chi connectivity index (χ4v) is 4.33. The third-order valence-corrected chi connectivity index (χ3v) is 5.58. The maximum absolute atomic E-state index is 13.0. The average Bonchev–Trinajstić information content (AvgIpc) is 3.16. The number of hydrogen-bond donors (Lipinski definition) is 1. The summed E-state index contributed by atoms with van der Waals surface area (Å²) in [7, 11) is 0. The van der Waals surface area contributed by atoms with Crippen molar-refractivity contribution in [3.8, 4) is 0 Å². The lowest BCUT2D eigenvalue weighted by molar-refractivity contribution is -0.148. The van der Waals surface area contributed by atoms with E-state index >= 15 is 0 Å². The number of alkyl halides is 3. The number of rotatable bonds is 5. The van der Waals surface area contributed by atoms with E-state index in [1.807, 2.05) is 0 Å². The number of esters is 1. The smallest absolute Gasteiger partial charge is 0.418 e. The van der Waals surface area contributed by atoms with Gasteiger partial charge in [-0.25, -0.2) is 0 Å². The maximum atomic E-state index is 13.0. The van der Waals surface area contributed by atoms with Crippen molar-refractivity contribution < 1.29 is 27.5 Å². The lowest BCUT2D eigenvalue weighted by Gasteiger charge is -2.20. The first-order chi connectivity index (χ1) is 12.2. The van der Waals surface area contributed by atoms with Crippen LogP contribution in [-0.2, 0) is 20.5 Å². The molecule has 0 spiro atoms. The molecule has 1 aromatic rings. The predicted octanol–water partition coefficient (Wildman–Crippen LogP) is 4.67. The van der Waals surface area contributed by atoms with Crippen molar-refractivity contribution in [1.82, 2.24) is 0 Å². The second kappa shape index (κ2) is 7.47. The molecule has 4 nitrogen and oxygen atoms in total. The second-order valence-corrected chi connectivity index (χ2v) is 7.42. The minimum atomic E-state index is -4.66. The van der Waals surface area contributed by atoms with E-state index in [4.69, 9.17) is 16.3 Å². The first kappa shape index (κ1) is 19.0. The number of nitrogens with one attached hydrogen (secondary N) is 1. The molecular formula is C18H19ClF3NO3. The largest absolute Gasteiger partial charge is 0.456 e. The number of para-hydroxylation sites is 1. The van der Waals surface area contributed by atoms with Gasteiger partial charge in [-0.15, -0.1) is 0 Å². The third-order valence-electron chi connectivity index (χ3n) is 5.26. The van der Waals surface area contributed by atoms with Crippen molar-refractivity contribution in [2.75, 3.05) is 11.9 Å². The van der Waals surface area contributed by atoms with E-state index in [-0.39, 0.29) is 11.4 Å². The number of carbonyl (C=O) groups excluding carboxylic acids is 2. The van der Waals surface area contributed by atoms with Crippen LogP contribution in [0.15, 0.2) is 18.2 Å². The number of fused-ring (bicyclic) bond motifs is 2. The molecular weight excluding hydrogens is 371 g/mol.